The number of benzene rings is 1. The normalized spacial score (nSPS) is 19.6. The van der Waals surface area contributed by atoms with Crippen LogP contribution in [-0.2, 0) is 14.4 Å². The third kappa shape index (κ3) is 3.67. The van der Waals surface area contributed by atoms with Crippen LogP contribution in [0.5, 0.6) is 0 Å². The van der Waals surface area contributed by atoms with Crippen LogP contribution in [0.25, 0.3) is 0 Å². The van der Waals surface area contributed by atoms with E-state index in [4.69, 9.17) is 9.57 Å². The number of carbonyl (C=O) groups excluding carboxylic acids is 1. The second-order valence-electron chi connectivity index (χ2n) is 6.20. The smallest absolute Gasteiger partial charge is 0.274 e. The summed E-state index contributed by atoms with van der Waals surface area (Å²) in [7, 11) is 0. The average molecular weight is 352 g/mol. The highest BCUT2D eigenvalue weighted by Gasteiger charge is 2.27. The van der Waals surface area contributed by atoms with Gasteiger partial charge in [-0.1, -0.05) is 35.5 Å². The lowest BCUT2D eigenvalue weighted by atomic mass is 10.0. The van der Waals surface area contributed by atoms with Crippen molar-refractivity contribution in [1.29, 1.82) is 0 Å². The van der Waals surface area contributed by atoms with Gasteiger partial charge in [0.2, 0.25) is 0 Å². The zero-order valence-electron chi connectivity index (χ0n) is 14.3. The Morgan fingerprint density at radius 2 is 1.92 bits per heavy atom. The third-order valence-corrected chi connectivity index (χ3v) is 4.47. The molecule has 2 aromatic rings. The Bertz CT molecular complexity index is 786. The molecule has 2 aliphatic rings. The molecule has 0 saturated carbocycles. The van der Waals surface area contributed by atoms with E-state index in [-0.39, 0.29) is 12.0 Å². The number of ether oxygens (including phenoxy) is 1. The first-order valence-corrected chi connectivity index (χ1v) is 8.67. The fourth-order valence-corrected chi connectivity index (χ4v) is 3.02. The SMILES string of the molecule is O=C(Nc1ccc(N2CCOCC2)cn1)C1=NOC(c2ccccc2)C1. The number of nitrogens with one attached hydrogen (secondary N) is 1. The topological polar surface area (TPSA) is 76.1 Å². The molecule has 0 aliphatic carbocycles. The summed E-state index contributed by atoms with van der Waals surface area (Å²) in [5.41, 5.74) is 2.40. The summed E-state index contributed by atoms with van der Waals surface area (Å²) < 4.78 is 5.35. The lowest BCUT2D eigenvalue weighted by molar-refractivity contribution is -0.110. The minimum Gasteiger partial charge on any atom is -0.387 e. The molecule has 7 heteroatoms. The Morgan fingerprint density at radius 1 is 1.12 bits per heavy atom. The van der Waals surface area contributed by atoms with Crippen LogP contribution in [0.4, 0.5) is 11.5 Å². The number of morpholine rings is 1. The van der Waals surface area contributed by atoms with Crippen molar-refractivity contribution in [1.82, 2.24) is 4.98 Å². The van der Waals surface area contributed by atoms with E-state index < -0.39 is 0 Å². The standard InChI is InChI=1S/C19H20N4O3/c24-19(16-12-17(26-22-16)14-4-2-1-3-5-14)21-18-7-6-15(13-20-18)23-8-10-25-11-9-23/h1-7,13,17H,8-12H2,(H,20,21,24). The van der Waals surface area contributed by atoms with Crippen LogP contribution >= 0.6 is 0 Å². The molecule has 1 aromatic heterocycles. The summed E-state index contributed by atoms with van der Waals surface area (Å²) in [4.78, 5) is 24.3. The highest BCUT2D eigenvalue weighted by atomic mass is 16.6. The van der Waals surface area contributed by atoms with E-state index in [1.54, 1.807) is 12.3 Å². The first-order chi connectivity index (χ1) is 12.8. The Morgan fingerprint density at radius 3 is 2.65 bits per heavy atom. The lowest BCUT2D eigenvalue weighted by Gasteiger charge is -2.28. The molecule has 4 rings (SSSR count). The number of oxime groups is 1. The molecule has 0 bridgehead atoms. The molecule has 26 heavy (non-hydrogen) atoms. The number of carbonyl (C=O) groups is 1. The summed E-state index contributed by atoms with van der Waals surface area (Å²) in [5.74, 6) is 0.216. The summed E-state index contributed by atoms with van der Waals surface area (Å²) in [5, 5.41) is 6.72. The van der Waals surface area contributed by atoms with E-state index in [1.807, 2.05) is 36.4 Å². The predicted octanol–water partition coefficient (Wildman–Crippen LogP) is 2.37. The molecule has 1 unspecified atom stereocenters. The fraction of sp³-hybridized carbons (Fsp3) is 0.316. The molecular formula is C19H20N4O3. The number of hydrogen-bond acceptors (Lipinski definition) is 6. The van der Waals surface area contributed by atoms with Crippen LogP contribution in [0, 0.1) is 0 Å². The maximum absolute atomic E-state index is 12.4. The van der Waals surface area contributed by atoms with E-state index in [0.717, 1.165) is 37.6 Å². The van der Waals surface area contributed by atoms with Gasteiger partial charge in [-0.2, -0.15) is 0 Å². The summed E-state index contributed by atoms with van der Waals surface area (Å²) >= 11 is 0. The molecule has 0 radical (unpaired) electrons. The van der Waals surface area contributed by atoms with Crippen LogP contribution in [0.1, 0.15) is 18.1 Å². The Hall–Kier alpha value is -2.93. The number of amides is 1. The summed E-state index contributed by atoms with van der Waals surface area (Å²) in [6, 6.07) is 13.5. The zero-order chi connectivity index (χ0) is 17.8. The highest BCUT2D eigenvalue weighted by Crippen LogP contribution is 2.27. The Balaban J connectivity index is 1.35. The van der Waals surface area contributed by atoms with E-state index in [0.29, 0.717) is 18.0 Å². The number of anilines is 2. The number of nitrogens with zero attached hydrogens (tertiary/aromatic N) is 3. The molecule has 1 amide bonds. The molecule has 0 spiro atoms. The van der Waals surface area contributed by atoms with E-state index >= 15 is 0 Å². The minimum atomic E-state index is -0.282. The number of hydrogen-bond donors (Lipinski definition) is 1. The van der Waals surface area contributed by atoms with Crippen LogP contribution < -0.4 is 10.2 Å². The van der Waals surface area contributed by atoms with Crippen LogP contribution in [0.3, 0.4) is 0 Å². The summed E-state index contributed by atoms with van der Waals surface area (Å²) in [6.45, 7) is 3.15. The van der Waals surface area contributed by atoms with Gasteiger partial charge in [-0.3, -0.25) is 4.79 Å². The second-order valence-corrected chi connectivity index (χ2v) is 6.20. The van der Waals surface area contributed by atoms with Gasteiger partial charge < -0.3 is 19.8 Å². The first kappa shape index (κ1) is 16.5. The van der Waals surface area contributed by atoms with Gasteiger partial charge in [0.15, 0.2) is 6.10 Å². The van der Waals surface area contributed by atoms with E-state index in [2.05, 4.69) is 20.4 Å². The third-order valence-electron chi connectivity index (χ3n) is 4.47. The molecule has 2 aliphatic heterocycles. The summed E-state index contributed by atoms with van der Waals surface area (Å²) in [6.07, 6.45) is 2.00. The van der Waals surface area contributed by atoms with Crippen molar-refractivity contribution in [3.05, 3.63) is 54.2 Å². The molecule has 134 valence electrons. The maximum Gasteiger partial charge on any atom is 0.274 e. The van der Waals surface area contributed by atoms with Crippen LogP contribution in [0.2, 0.25) is 0 Å². The molecule has 1 fully saturated rings. The van der Waals surface area contributed by atoms with Gasteiger partial charge in [-0.05, 0) is 17.7 Å². The van der Waals surface area contributed by atoms with Crippen molar-refractivity contribution >= 4 is 23.1 Å². The van der Waals surface area contributed by atoms with E-state index in [1.165, 1.54) is 0 Å². The molecule has 1 atom stereocenters. The van der Waals surface area contributed by atoms with Crippen molar-refractivity contribution in [2.45, 2.75) is 12.5 Å². The molecular weight excluding hydrogens is 332 g/mol. The number of pyridine rings is 1. The maximum atomic E-state index is 12.4. The van der Waals surface area contributed by atoms with Crippen molar-refractivity contribution in [3.63, 3.8) is 0 Å². The highest BCUT2D eigenvalue weighted by molar-refractivity contribution is 6.43. The van der Waals surface area contributed by atoms with Crippen LogP contribution in [-0.4, -0.2) is 42.9 Å². The molecule has 7 nitrogen and oxygen atoms in total. The second kappa shape index (κ2) is 7.53. The van der Waals surface area contributed by atoms with Crippen LogP contribution in [0.15, 0.2) is 53.8 Å². The zero-order valence-corrected chi connectivity index (χ0v) is 14.3. The lowest BCUT2D eigenvalue weighted by Crippen LogP contribution is -2.36. The molecule has 1 saturated heterocycles. The molecule has 1 N–H and O–H groups in total. The fourth-order valence-electron chi connectivity index (χ4n) is 3.02. The van der Waals surface area contributed by atoms with Gasteiger partial charge in [-0.15, -0.1) is 0 Å². The Kier molecular flexibility index (Phi) is 4.79. The minimum absolute atomic E-state index is 0.214. The van der Waals surface area contributed by atoms with Gasteiger partial charge in [-0.25, -0.2) is 4.98 Å². The van der Waals surface area contributed by atoms with Crippen molar-refractivity contribution in [2.75, 3.05) is 36.5 Å². The van der Waals surface area contributed by atoms with Crippen molar-refractivity contribution < 1.29 is 14.4 Å². The monoisotopic (exact) mass is 352 g/mol. The number of aromatic nitrogens is 1. The predicted molar refractivity (Wildman–Crippen MR) is 98.2 cm³/mol. The van der Waals surface area contributed by atoms with Gasteiger partial charge >= 0.3 is 0 Å². The van der Waals surface area contributed by atoms with Crippen molar-refractivity contribution in [2.24, 2.45) is 5.16 Å². The van der Waals surface area contributed by atoms with Gasteiger partial charge in [0.25, 0.3) is 5.91 Å². The van der Waals surface area contributed by atoms with Gasteiger partial charge in [0.05, 0.1) is 25.1 Å². The first-order valence-electron chi connectivity index (χ1n) is 8.67. The quantitative estimate of drug-likeness (QED) is 0.914. The van der Waals surface area contributed by atoms with E-state index in [9.17, 15) is 4.79 Å². The number of rotatable bonds is 4. The molecule has 1 aromatic carbocycles. The largest absolute Gasteiger partial charge is 0.387 e. The average Bonchev–Trinajstić information content (AvgIpc) is 3.20. The van der Waals surface area contributed by atoms with Gasteiger partial charge in [0.1, 0.15) is 11.5 Å². The van der Waals surface area contributed by atoms with Gasteiger partial charge in [0, 0.05) is 19.5 Å². The molecule has 3 heterocycles. The van der Waals surface area contributed by atoms with Crippen molar-refractivity contribution in [3.8, 4) is 0 Å². The Labute approximate surface area is 151 Å².